The van der Waals surface area contributed by atoms with E-state index in [-0.39, 0.29) is 5.91 Å². The summed E-state index contributed by atoms with van der Waals surface area (Å²) in [5, 5.41) is 0. The Balaban J connectivity index is 1.82. The van der Waals surface area contributed by atoms with Crippen LogP contribution < -0.4 is 9.64 Å². The molecule has 3 heteroatoms. The molecule has 120 valence electrons. The first-order valence-electron chi connectivity index (χ1n) is 8.24. The highest BCUT2D eigenvalue weighted by Crippen LogP contribution is 2.29. The van der Waals surface area contributed by atoms with E-state index in [9.17, 15) is 4.79 Å². The number of aryl methyl sites for hydroxylation is 1. The van der Waals surface area contributed by atoms with Crippen molar-refractivity contribution in [1.29, 1.82) is 0 Å². The van der Waals surface area contributed by atoms with Crippen LogP contribution in [0.15, 0.2) is 42.5 Å². The highest BCUT2D eigenvalue weighted by atomic mass is 16.5. The van der Waals surface area contributed by atoms with Gasteiger partial charge in [-0.3, -0.25) is 4.79 Å². The van der Waals surface area contributed by atoms with Crippen molar-refractivity contribution in [3.05, 3.63) is 59.2 Å². The van der Waals surface area contributed by atoms with Gasteiger partial charge in [-0.2, -0.15) is 0 Å². The van der Waals surface area contributed by atoms with Crippen molar-refractivity contribution in [1.82, 2.24) is 0 Å². The zero-order chi connectivity index (χ0) is 16.4. The lowest BCUT2D eigenvalue weighted by Crippen LogP contribution is -2.41. The number of ether oxygens (including phenoxy) is 1. The summed E-state index contributed by atoms with van der Waals surface area (Å²) in [5.41, 5.74) is 4.54. The minimum absolute atomic E-state index is 0.0540. The van der Waals surface area contributed by atoms with E-state index in [1.807, 2.05) is 49.1 Å². The van der Waals surface area contributed by atoms with E-state index >= 15 is 0 Å². The van der Waals surface area contributed by atoms with Gasteiger partial charge in [0.05, 0.1) is 0 Å². The molecule has 1 atom stereocenters. The Morgan fingerprint density at radius 1 is 1.17 bits per heavy atom. The van der Waals surface area contributed by atoms with E-state index in [1.54, 1.807) is 0 Å². The average Bonchev–Trinajstić information content (AvgIpc) is 2.99. The summed E-state index contributed by atoms with van der Waals surface area (Å²) in [6, 6.07) is 14.1. The molecule has 0 N–H and O–H groups in total. The van der Waals surface area contributed by atoms with Crippen LogP contribution in [0.1, 0.15) is 30.0 Å². The Labute approximate surface area is 137 Å². The molecule has 0 unspecified atom stereocenters. The van der Waals surface area contributed by atoms with Crippen LogP contribution in [0.4, 0.5) is 5.69 Å². The number of anilines is 1. The number of hydrogen-bond donors (Lipinski definition) is 0. The first-order valence-corrected chi connectivity index (χ1v) is 8.24. The maximum Gasteiger partial charge on any atom is 0.268 e. The second kappa shape index (κ2) is 6.45. The van der Waals surface area contributed by atoms with Crippen LogP contribution in [0.5, 0.6) is 5.75 Å². The van der Waals surface area contributed by atoms with Crippen LogP contribution in [-0.2, 0) is 11.2 Å². The van der Waals surface area contributed by atoms with E-state index in [0.717, 1.165) is 30.0 Å². The number of para-hydroxylation sites is 1. The van der Waals surface area contributed by atoms with Gasteiger partial charge in [0.15, 0.2) is 6.10 Å². The quantitative estimate of drug-likeness (QED) is 0.852. The molecule has 1 amide bonds. The fourth-order valence-corrected chi connectivity index (χ4v) is 3.05. The van der Waals surface area contributed by atoms with Crippen molar-refractivity contribution in [3.63, 3.8) is 0 Å². The molecule has 0 fully saturated rings. The summed E-state index contributed by atoms with van der Waals surface area (Å²) >= 11 is 0. The molecule has 0 saturated carbocycles. The third-order valence-electron chi connectivity index (χ3n) is 4.62. The van der Waals surface area contributed by atoms with Gasteiger partial charge in [0.1, 0.15) is 5.75 Å². The summed E-state index contributed by atoms with van der Waals surface area (Å²) in [4.78, 5) is 14.8. The highest BCUT2D eigenvalue weighted by molar-refractivity contribution is 5.98. The van der Waals surface area contributed by atoms with Gasteiger partial charge in [-0.15, -0.1) is 0 Å². The van der Waals surface area contributed by atoms with Crippen molar-refractivity contribution in [2.75, 3.05) is 11.4 Å². The van der Waals surface area contributed by atoms with E-state index in [1.165, 1.54) is 11.1 Å². The summed E-state index contributed by atoms with van der Waals surface area (Å²) in [5.74, 6) is 0.857. The van der Waals surface area contributed by atoms with Gasteiger partial charge in [0.2, 0.25) is 0 Å². The van der Waals surface area contributed by atoms with Crippen molar-refractivity contribution < 1.29 is 9.53 Å². The Kier molecular flexibility index (Phi) is 4.37. The summed E-state index contributed by atoms with van der Waals surface area (Å²) in [6.45, 7) is 6.83. The number of hydrogen-bond acceptors (Lipinski definition) is 2. The molecule has 3 nitrogen and oxygen atoms in total. The third kappa shape index (κ3) is 2.96. The van der Waals surface area contributed by atoms with Crippen LogP contribution >= 0.6 is 0 Å². The first kappa shape index (κ1) is 15.6. The Bertz CT molecular complexity index is 723. The second-order valence-electron chi connectivity index (χ2n) is 6.08. The van der Waals surface area contributed by atoms with E-state index in [0.29, 0.717) is 6.42 Å². The molecular formula is C20H23NO2. The predicted octanol–water partition coefficient (Wildman–Crippen LogP) is 4.05. The maximum absolute atomic E-state index is 12.9. The summed E-state index contributed by atoms with van der Waals surface area (Å²) in [6.07, 6.45) is 1.13. The van der Waals surface area contributed by atoms with Gasteiger partial charge in [0.25, 0.3) is 5.91 Å². The number of rotatable bonds is 4. The van der Waals surface area contributed by atoms with Crippen molar-refractivity contribution in [3.8, 4) is 5.75 Å². The normalized spacial score (nSPS) is 14.5. The minimum Gasteiger partial charge on any atom is -0.480 e. The van der Waals surface area contributed by atoms with Crippen molar-refractivity contribution in [2.24, 2.45) is 0 Å². The lowest BCUT2D eigenvalue weighted by atomic mass is 10.1. The van der Waals surface area contributed by atoms with Crippen LogP contribution in [-0.4, -0.2) is 18.6 Å². The molecule has 2 aromatic carbocycles. The first-order chi connectivity index (χ1) is 11.1. The zero-order valence-electron chi connectivity index (χ0n) is 14.0. The number of carbonyl (C=O) groups excluding carboxylic acids is 1. The topological polar surface area (TPSA) is 29.5 Å². The predicted molar refractivity (Wildman–Crippen MR) is 93.1 cm³/mol. The standard InChI is InChI=1S/C20H23NO2/c1-4-18(23-19-11-7-8-14(2)15(19)3)20(22)21-13-12-16-9-5-6-10-17(16)21/h5-11,18H,4,12-13H2,1-3H3/t18-/m1/s1. The van der Waals surface area contributed by atoms with Crippen molar-refractivity contribution >= 4 is 11.6 Å². The fraction of sp³-hybridized carbons (Fsp3) is 0.350. The van der Waals surface area contributed by atoms with Crippen LogP contribution in [0.2, 0.25) is 0 Å². The minimum atomic E-state index is -0.443. The van der Waals surface area contributed by atoms with Gasteiger partial charge in [-0.25, -0.2) is 0 Å². The molecule has 0 aliphatic carbocycles. The lowest BCUT2D eigenvalue weighted by Gasteiger charge is -2.25. The smallest absolute Gasteiger partial charge is 0.268 e. The lowest BCUT2D eigenvalue weighted by molar-refractivity contribution is -0.125. The van der Waals surface area contributed by atoms with E-state index < -0.39 is 6.10 Å². The highest BCUT2D eigenvalue weighted by Gasteiger charge is 2.30. The maximum atomic E-state index is 12.9. The molecule has 1 aliphatic rings. The molecule has 0 spiro atoms. The number of benzene rings is 2. The number of nitrogens with zero attached hydrogens (tertiary/aromatic N) is 1. The molecule has 0 saturated heterocycles. The Hall–Kier alpha value is -2.29. The molecule has 0 radical (unpaired) electrons. The third-order valence-corrected chi connectivity index (χ3v) is 4.62. The molecular weight excluding hydrogens is 286 g/mol. The molecule has 0 aromatic heterocycles. The molecule has 3 rings (SSSR count). The summed E-state index contributed by atoms with van der Waals surface area (Å²) < 4.78 is 6.07. The van der Waals surface area contributed by atoms with Crippen molar-refractivity contribution in [2.45, 2.75) is 39.7 Å². The van der Waals surface area contributed by atoms with E-state index in [2.05, 4.69) is 19.1 Å². The van der Waals surface area contributed by atoms with Gasteiger partial charge in [-0.1, -0.05) is 37.3 Å². The van der Waals surface area contributed by atoms with Gasteiger partial charge in [0, 0.05) is 12.2 Å². The van der Waals surface area contributed by atoms with Gasteiger partial charge in [-0.05, 0) is 55.5 Å². The van der Waals surface area contributed by atoms with Crippen LogP contribution in [0, 0.1) is 13.8 Å². The van der Waals surface area contributed by atoms with Crippen LogP contribution in [0.25, 0.3) is 0 Å². The molecule has 1 aliphatic heterocycles. The number of fused-ring (bicyclic) bond motifs is 1. The monoisotopic (exact) mass is 309 g/mol. The van der Waals surface area contributed by atoms with Crippen LogP contribution in [0.3, 0.4) is 0 Å². The fourth-order valence-electron chi connectivity index (χ4n) is 3.05. The average molecular weight is 309 g/mol. The largest absolute Gasteiger partial charge is 0.480 e. The summed E-state index contributed by atoms with van der Waals surface area (Å²) in [7, 11) is 0. The Morgan fingerprint density at radius 2 is 1.96 bits per heavy atom. The number of amides is 1. The Morgan fingerprint density at radius 3 is 2.74 bits per heavy atom. The molecule has 23 heavy (non-hydrogen) atoms. The van der Waals surface area contributed by atoms with E-state index in [4.69, 9.17) is 4.74 Å². The second-order valence-corrected chi connectivity index (χ2v) is 6.08. The molecule has 0 bridgehead atoms. The van der Waals surface area contributed by atoms with Gasteiger partial charge < -0.3 is 9.64 Å². The molecule has 2 aromatic rings. The zero-order valence-corrected chi connectivity index (χ0v) is 14.0. The number of carbonyl (C=O) groups is 1. The SMILES string of the molecule is CC[C@@H](Oc1cccc(C)c1C)C(=O)N1CCc2ccccc21. The van der Waals surface area contributed by atoms with Gasteiger partial charge >= 0.3 is 0 Å². The molecule has 1 heterocycles.